The van der Waals surface area contributed by atoms with E-state index < -0.39 is 12.1 Å². The highest BCUT2D eigenvalue weighted by Crippen LogP contribution is 2.35. The number of aliphatic hydroxyl groups excluding tert-OH is 1. The smallest absolute Gasteiger partial charge is 0.392 e. The number of anilines is 1. The first-order valence-corrected chi connectivity index (χ1v) is 7.30. The third-order valence-corrected chi connectivity index (χ3v) is 4.13. The second kappa shape index (κ2) is 5.76. The maximum atomic E-state index is 13.0. The van der Waals surface area contributed by atoms with Gasteiger partial charge in [-0.15, -0.1) is 0 Å². The number of aromatic nitrogens is 1. The molecule has 2 aromatic rings. The molecular formula is C16H17F3N2O. The third-order valence-electron chi connectivity index (χ3n) is 4.13. The number of fused-ring (bicyclic) bond motifs is 1. The number of benzene rings is 1. The van der Waals surface area contributed by atoms with E-state index in [2.05, 4.69) is 4.98 Å². The maximum absolute atomic E-state index is 13.0. The summed E-state index contributed by atoms with van der Waals surface area (Å²) >= 11 is 0. The number of halogens is 3. The van der Waals surface area contributed by atoms with E-state index in [1.807, 2.05) is 24.3 Å². The first kappa shape index (κ1) is 15.1. The zero-order chi connectivity index (χ0) is 15.7. The second-order valence-electron chi connectivity index (χ2n) is 5.65. The van der Waals surface area contributed by atoms with Crippen molar-refractivity contribution in [2.45, 2.75) is 25.6 Å². The molecule has 1 fully saturated rings. The van der Waals surface area contributed by atoms with E-state index >= 15 is 0 Å². The summed E-state index contributed by atoms with van der Waals surface area (Å²) in [5.41, 5.74) is 1.30. The standard InChI is InChI=1S/C16H17F3N2O/c17-16(18,19)13-5-3-7-21(9-13)15-12(10-22)8-11-4-1-2-6-14(11)20-15/h1-2,4,6,8,13,22H,3,5,7,9-10H2. The normalized spacial score (nSPS) is 19.6. The minimum absolute atomic E-state index is 0.0954. The van der Waals surface area contributed by atoms with E-state index in [0.717, 1.165) is 10.9 Å². The van der Waals surface area contributed by atoms with Gasteiger partial charge >= 0.3 is 6.18 Å². The van der Waals surface area contributed by atoms with Gasteiger partial charge in [0.25, 0.3) is 0 Å². The van der Waals surface area contributed by atoms with Crippen LogP contribution in [0.25, 0.3) is 10.9 Å². The largest absolute Gasteiger partial charge is 0.393 e. The molecule has 1 saturated heterocycles. The number of hydrogen-bond donors (Lipinski definition) is 1. The van der Waals surface area contributed by atoms with Crippen LogP contribution >= 0.6 is 0 Å². The van der Waals surface area contributed by atoms with Gasteiger partial charge in [-0.25, -0.2) is 4.98 Å². The van der Waals surface area contributed by atoms with E-state index in [9.17, 15) is 18.3 Å². The molecule has 1 aromatic heterocycles. The molecule has 3 rings (SSSR count). The van der Waals surface area contributed by atoms with E-state index in [1.165, 1.54) is 0 Å². The summed E-state index contributed by atoms with van der Waals surface area (Å²) in [7, 11) is 0. The Balaban J connectivity index is 1.97. The maximum Gasteiger partial charge on any atom is 0.393 e. The topological polar surface area (TPSA) is 36.4 Å². The third kappa shape index (κ3) is 2.88. The Labute approximate surface area is 126 Å². The van der Waals surface area contributed by atoms with Crippen molar-refractivity contribution in [2.75, 3.05) is 18.0 Å². The SMILES string of the molecule is OCc1cc2ccccc2nc1N1CCCC(C(F)(F)F)C1. The van der Waals surface area contributed by atoms with Gasteiger partial charge in [0, 0.05) is 24.0 Å². The zero-order valence-corrected chi connectivity index (χ0v) is 12.0. The van der Waals surface area contributed by atoms with Gasteiger partial charge in [0.1, 0.15) is 5.82 Å². The first-order chi connectivity index (χ1) is 10.5. The molecule has 1 atom stereocenters. The molecule has 22 heavy (non-hydrogen) atoms. The number of alkyl halides is 3. The minimum Gasteiger partial charge on any atom is -0.392 e. The zero-order valence-electron chi connectivity index (χ0n) is 12.0. The van der Waals surface area contributed by atoms with Crippen LogP contribution in [0.5, 0.6) is 0 Å². The summed E-state index contributed by atoms with van der Waals surface area (Å²) in [5, 5.41) is 10.4. The average molecular weight is 310 g/mol. The molecule has 1 aliphatic heterocycles. The van der Waals surface area contributed by atoms with Crippen LogP contribution in [-0.4, -0.2) is 29.4 Å². The van der Waals surface area contributed by atoms with Gasteiger partial charge in [0.2, 0.25) is 0 Å². The lowest BCUT2D eigenvalue weighted by atomic mass is 9.97. The Bertz CT molecular complexity index is 672. The predicted molar refractivity (Wildman–Crippen MR) is 78.7 cm³/mol. The van der Waals surface area contributed by atoms with Crippen LogP contribution in [0.2, 0.25) is 0 Å². The minimum atomic E-state index is -4.19. The fraction of sp³-hybridized carbons (Fsp3) is 0.438. The summed E-state index contributed by atoms with van der Waals surface area (Å²) in [6, 6.07) is 9.21. The van der Waals surface area contributed by atoms with Crippen LogP contribution in [0.1, 0.15) is 18.4 Å². The van der Waals surface area contributed by atoms with Crippen molar-refractivity contribution in [3.63, 3.8) is 0 Å². The number of hydrogen-bond acceptors (Lipinski definition) is 3. The van der Waals surface area contributed by atoms with Gasteiger partial charge in [-0.1, -0.05) is 18.2 Å². The van der Waals surface area contributed by atoms with Crippen molar-refractivity contribution in [2.24, 2.45) is 5.92 Å². The van der Waals surface area contributed by atoms with E-state index in [0.29, 0.717) is 24.3 Å². The summed E-state index contributed by atoms with van der Waals surface area (Å²) < 4.78 is 38.9. The molecule has 1 aliphatic rings. The Morgan fingerprint density at radius 2 is 2.05 bits per heavy atom. The number of aliphatic hydroxyl groups is 1. The highest BCUT2D eigenvalue weighted by Gasteiger charge is 2.42. The van der Waals surface area contributed by atoms with Crippen LogP contribution < -0.4 is 4.90 Å². The van der Waals surface area contributed by atoms with Crippen molar-refractivity contribution in [3.05, 3.63) is 35.9 Å². The van der Waals surface area contributed by atoms with Crippen LogP contribution in [0.3, 0.4) is 0 Å². The molecule has 118 valence electrons. The number of para-hydroxylation sites is 1. The Kier molecular flexibility index (Phi) is 3.95. The van der Waals surface area contributed by atoms with Gasteiger partial charge in [-0.2, -0.15) is 13.2 Å². The molecule has 0 saturated carbocycles. The fourth-order valence-corrected chi connectivity index (χ4v) is 2.98. The average Bonchev–Trinajstić information content (AvgIpc) is 2.53. The molecule has 1 N–H and O–H groups in total. The van der Waals surface area contributed by atoms with Gasteiger partial charge in [0.15, 0.2) is 0 Å². The van der Waals surface area contributed by atoms with E-state index in [4.69, 9.17) is 0 Å². The van der Waals surface area contributed by atoms with E-state index in [-0.39, 0.29) is 19.6 Å². The van der Waals surface area contributed by atoms with Crippen molar-refractivity contribution in [1.29, 1.82) is 0 Å². The highest BCUT2D eigenvalue weighted by atomic mass is 19.4. The molecule has 1 aromatic carbocycles. The molecular weight excluding hydrogens is 293 g/mol. The van der Waals surface area contributed by atoms with Crippen LogP contribution in [-0.2, 0) is 6.61 Å². The van der Waals surface area contributed by atoms with Crippen LogP contribution in [0, 0.1) is 5.92 Å². The quantitative estimate of drug-likeness (QED) is 0.922. The molecule has 0 bridgehead atoms. The Morgan fingerprint density at radius 1 is 1.27 bits per heavy atom. The van der Waals surface area contributed by atoms with Gasteiger partial charge in [-0.3, -0.25) is 0 Å². The molecule has 2 heterocycles. The molecule has 0 amide bonds. The number of rotatable bonds is 2. The van der Waals surface area contributed by atoms with Crippen molar-refractivity contribution >= 4 is 16.7 Å². The summed E-state index contributed by atoms with van der Waals surface area (Å²) in [5.74, 6) is -0.865. The van der Waals surface area contributed by atoms with Crippen molar-refractivity contribution in [3.8, 4) is 0 Å². The Hall–Kier alpha value is -1.82. The molecule has 1 unspecified atom stereocenters. The van der Waals surface area contributed by atoms with E-state index in [1.54, 1.807) is 11.0 Å². The first-order valence-electron chi connectivity index (χ1n) is 7.30. The lowest BCUT2D eigenvalue weighted by Gasteiger charge is -2.35. The number of piperidine rings is 1. The Morgan fingerprint density at radius 3 is 2.77 bits per heavy atom. The number of nitrogens with zero attached hydrogens (tertiary/aromatic N) is 2. The van der Waals surface area contributed by atoms with Crippen molar-refractivity contribution < 1.29 is 18.3 Å². The highest BCUT2D eigenvalue weighted by molar-refractivity contribution is 5.81. The van der Waals surface area contributed by atoms with Crippen LogP contribution in [0.4, 0.5) is 19.0 Å². The second-order valence-corrected chi connectivity index (χ2v) is 5.65. The van der Waals surface area contributed by atoms with Gasteiger partial charge < -0.3 is 10.0 Å². The molecule has 6 heteroatoms. The summed E-state index contributed by atoms with van der Waals surface area (Å²) in [4.78, 5) is 6.14. The molecule has 0 spiro atoms. The van der Waals surface area contributed by atoms with Crippen molar-refractivity contribution in [1.82, 2.24) is 4.98 Å². The monoisotopic (exact) mass is 310 g/mol. The summed E-state index contributed by atoms with van der Waals surface area (Å²) in [6.07, 6.45) is -3.56. The fourth-order valence-electron chi connectivity index (χ4n) is 2.98. The molecule has 3 nitrogen and oxygen atoms in total. The van der Waals surface area contributed by atoms with Gasteiger partial charge in [0.05, 0.1) is 18.0 Å². The lowest BCUT2D eigenvalue weighted by molar-refractivity contribution is -0.176. The van der Waals surface area contributed by atoms with Crippen LogP contribution in [0.15, 0.2) is 30.3 Å². The number of pyridine rings is 1. The predicted octanol–water partition coefficient (Wildman–Crippen LogP) is 3.51. The molecule has 0 radical (unpaired) electrons. The summed E-state index contributed by atoms with van der Waals surface area (Å²) in [6.45, 7) is 0.202. The molecule has 0 aliphatic carbocycles. The lowest BCUT2D eigenvalue weighted by Crippen LogP contribution is -2.42. The van der Waals surface area contributed by atoms with Gasteiger partial charge in [-0.05, 0) is 25.0 Å².